The fourth-order valence-corrected chi connectivity index (χ4v) is 5.14. The Morgan fingerprint density at radius 2 is 1.50 bits per heavy atom. The van der Waals surface area contributed by atoms with Crippen molar-refractivity contribution in [3.63, 3.8) is 0 Å². The van der Waals surface area contributed by atoms with Crippen molar-refractivity contribution in [1.82, 2.24) is 14.8 Å². The van der Waals surface area contributed by atoms with Crippen molar-refractivity contribution in [3.05, 3.63) is 89.7 Å². The van der Waals surface area contributed by atoms with Gasteiger partial charge in [0.25, 0.3) is 0 Å². The fourth-order valence-electron chi connectivity index (χ4n) is 5.14. The highest BCUT2D eigenvalue weighted by Crippen LogP contribution is 2.40. The van der Waals surface area contributed by atoms with Gasteiger partial charge >= 0.3 is 12.1 Å². The minimum Gasteiger partial charge on any atom is -0.463 e. The molecule has 0 N–H and O–H groups in total. The molecule has 9 heteroatoms. The van der Waals surface area contributed by atoms with E-state index in [1.165, 1.54) is 13.8 Å². The van der Waals surface area contributed by atoms with Crippen molar-refractivity contribution in [2.45, 2.75) is 57.9 Å². The molecule has 0 spiro atoms. The molecule has 0 amide bonds. The summed E-state index contributed by atoms with van der Waals surface area (Å²) in [7, 11) is 0. The molecular formula is C33H40F3N3O3. The van der Waals surface area contributed by atoms with Crippen LogP contribution in [0.25, 0.3) is 11.1 Å². The number of aromatic nitrogens is 1. The van der Waals surface area contributed by atoms with Crippen LogP contribution < -0.4 is 0 Å². The molecule has 6 nitrogen and oxygen atoms in total. The average molecular weight is 584 g/mol. The molecule has 0 radical (unpaired) electrons. The van der Waals surface area contributed by atoms with E-state index in [1.807, 2.05) is 31.2 Å². The summed E-state index contributed by atoms with van der Waals surface area (Å²) in [4.78, 5) is 21.4. The Morgan fingerprint density at radius 3 is 2.12 bits per heavy atom. The van der Waals surface area contributed by atoms with Crippen LogP contribution in [0.2, 0.25) is 0 Å². The van der Waals surface area contributed by atoms with Gasteiger partial charge < -0.3 is 9.47 Å². The summed E-state index contributed by atoms with van der Waals surface area (Å²) in [6.07, 6.45) is -0.453. The minimum absolute atomic E-state index is 0.00486. The Hall–Kier alpha value is -3.27. The first-order valence-corrected chi connectivity index (χ1v) is 14.4. The Morgan fingerprint density at radius 1 is 0.881 bits per heavy atom. The lowest BCUT2D eigenvalue weighted by atomic mass is 9.83. The summed E-state index contributed by atoms with van der Waals surface area (Å²) >= 11 is 0. The van der Waals surface area contributed by atoms with E-state index in [0.717, 1.165) is 55.0 Å². The molecule has 0 bridgehead atoms. The maximum atomic E-state index is 13.4. The summed E-state index contributed by atoms with van der Waals surface area (Å²) in [5.41, 5.74) is 2.44. The molecule has 3 aromatic rings. The van der Waals surface area contributed by atoms with Gasteiger partial charge in [-0.15, -0.1) is 0 Å². The van der Waals surface area contributed by atoms with E-state index in [2.05, 4.69) is 26.9 Å². The van der Waals surface area contributed by atoms with Crippen molar-refractivity contribution in [2.75, 3.05) is 39.5 Å². The van der Waals surface area contributed by atoms with Gasteiger partial charge in [0.2, 0.25) is 0 Å². The highest BCUT2D eigenvalue weighted by Gasteiger charge is 2.48. The van der Waals surface area contributed by atoms with Gasteiger partial charge in [0, 0.05) is 57.8 Å². The minimum atomic E-state index is -4.32. The molecule has 2 aromatic carbocycles. The Kier molecular flexibility index (Phi) is 10.8. The first kappa shape index (κ1) is 31.7. The van der Waals surface area contributed by atoms with E-state index in [1.54, 1.807) is 36.7 Å². The third-order valence-corrected chi connectivity index (χ3v) is 7.93. The van der Waals surface area contributed by atoms with Crippen LogP contribution in [0, 0.1) is 0 Å². The molecule has 1 unspecified atom stereocenters. The monoisotopic (exact) mass is 583 g/mol. The fraction of sp³-hybridized carbons (Fsp3) is 0.455. The van der Waals surface area contributed by atoms with Crippen LogP contribution in [0.5, 0.6) is 0 Å². The maximum Gasteiger partial charge on any atom is 0.397 e. The molecule has 226 valence electrons. The third-order valence-electron chi connectivity index (χ3n) is 7.93. The second-order valence-electron chi connectivity index (χ2n) is 11.2. The number of carbonyl (C=O) groups is 1. The number of hydrogen-bond acceptors (Lipinski definition) is 6. The number of benzene rings is 2. The second-order valence-corrected chi connectivity index (χ2v) is 11.2. The number of piperazine rings is 1. The van der Waals surface area contributed by atoms with E-state index in [4.69, 9.17) is 9.47 Å². The molecule has 2 heterocycles. The van der Waals surface area contributed by atoms with Crippen LogP contribution in [-0.4, -0.2) is 72.4 Å². The zero-order valence-corrected chi connectivity index (χ0v) is 24.6. The van der Waals surface area contributed by atoms with Gasteiger partial charge in [0.15, 0.2) is 0 Å². The number of halogens is 3. The number of alkyl halides is 3. The predicted octanol–water partition coefficient (Wildman–Crippen LogP) is 6.24. The van der Waals surface area contributed by atoms with Crippen LogP contribution in [0.4, 0.5) is 13.2 Å². The number of carbonyl (C=O) groups excluding carboxylic acids is 1. The molecule has 4 rings (SSSR count). The zero-order chi connectivity index (χ0) is 30.2. The van der Waals surface area contributed by atoms with Gasteiger partial charge in [-0.3, -0.25) is 19.6 Å². The van der Waals surface area contributed by atoms with Crippen LogP contribution in [0.1, 0.15) is 43.9 Å². The SMILES string of the molecule is CCOCCOC(=O)CC1CN(Cc2ccc(-c3ccc(C(C)(C)C(F)(F)F)cc3)cc2)CCN1Cc1ccncc1. The Labute approximate surface area is 246 Å². The van der Waals surface area contributed by atoms with Crippen LogP contribution in [-0.2, 0) is 32.8 Å². The molecule has 1 aliphatic heterocycles. The molecule has 1 aromatic heterocycles. The molecule has 42 heavy (non-hydrogen) atoms. The lowest BCUT2D eigenvalue weighted by molar-refractivity contribution is -0.180. The highest BCUT2D eigenvalue weighted by atomic mass is 19.4. The van der Waals surface area contributed by atoms with Crippen LogP contribution in [0.15, 0.2) is 73.1 Å². The summed E-state index contributed by atoms with van der Waals surface area (Å²) in [6, 6.07) is 18.7. The van der Waals surface area contributed by atoms with Crippen molar-refractivity contribution < 1.29 is 27.4 Å². The summed E-state index contributed by atoms with van der Waals surface area (Å²) in [5, 5.41) is 0. The van der Waals surface area contributed by atoms with Gasteiger partial charge in [0.05, 0.1) is 18.4 Å². The number of pyridine rings is 1. The number of hydrogen-bond donors (Lipinski definition) is 0. The largest absolute Gasteiger partial charge is 0.463 e. The number of ether oxygens (including phenoxy) is 2. The van der Waals surface area contributed by atoms with Crippen molar-refractivity contribution in [3.8, 4) is 11.1 Å². The van der Waals surface area contributed by atoms with E-state index in [-0.39, 0.29) is 24.2 Å². The molecule has 0 aliphatic carbocycles. The molecule has 1 atom stereocenters. The second kappa shape index (κ2) is 14.3. The van der Waals surface area contributed by atoms with E-state index in [9.17, 15) is 18.0 Å². The zero-order valence-electron chi connectivity index (χ0n) is 24.6. The van der Waals surface area contributed by atoms with E-state index in [0.29, 0.717) is 19.6 Å². The van der Waals surface area contributed by atoms with Crippen molar-refractivity contribution in [2.24, 2.45) is 0 Å². The van der Waals surface area contributed by atoms with Gasteiger partial charge in [-0.25, -0.2) is 0 Å². The normalized spacial score (nSPS) is 16.9. The van der Waals surface area contributed by atoms with E-state index >= 15 is 0 Å². The van der Waals surface area contributed by atoms with Crippen molar-refractivity contribution >= 4 is 5.97 Å². The van der Waals surface area contributed by atoms with Crippen molar-refractivity contribution in [1.29, 1.82) is 0 Å². The summed E-state index contributed by atoms with van der Waals surface area (Å²) < 4.78 is 51.0. The van der Waals surface area contributed by atoms with Crippen LogP contribution in [0.3, 0.4) is 0 Å². The average Bonchev–Trinajstić information content (AvgIpc) is 2.97. The van der Waals surface area contributed by atoms with Gasteiger partial charge in [-0.05, 0) is 60.7 Å². The molecule has 1 saturated heterocycles. The third kappa shape index (κ3) is 8.40. The van der Waals surface area contributed by atoms with E-state index < -0.39 is 11.6 Å². The topological polar surface area (TPSA) is 54.9 Å². The highest BCUT2D eigenvalue weighted by molar-refractivity contribution is 5.70. The molecule has 1 fully saturated rings. The lowest BCUT2D eigenvalue weighted by Crippen LogP contribution is -2.53. The Bertz CT molecular complexity index is 1270. The molecule has 0 saturated carbocycles. The number of esters is 1. The van der Waals surface area contributed by atoms with Gasteiger partial charge in [-0.2, -0.15) is 13.2 Å². The summed E-state index contributed by atoms with van der Waals surface area (Å²) in [5.74, 6) is -0.227. The Balaban J connectivity index is 1.39. The number of rotatable bonds is 12. The predicted molar refractivity (Wildman–Crippen MR) is 157 cm³/mol. The van der Waals surface area contributed by atoms with Gasteiger partial charge in [-0.1, -0.05) is 48.5 Å². The quantitative estimate of drug-likeness (QED) is 0.186. The first-order valence-electron chi connectivity index (χ1n) is 14.4. The lowest BCUT2D eigenvalue weighted by Gasteiger charge is -2.41. The summed E-state index contributed by atoms with van der Waals surface area (Å²) in [6.45, 7) is 9.41. The van der Waals surface area contributed by atoms with Crippen LogP contribution >= 0.6 is 0 Å². The van der Waals surface area contributed by atoms with Gasteiger partial charge in [0.1, 0.15) is 6.61 Å². The standard InChI is InChI=1S/C33H40F3N3O3/c1-4-41-19-20-42-31(40)21-30-24-38(17-18-39(30)23-26-13-15-37-16-14-26)22-25-5-7-27(8-6-25)28-9-11-29(12-10-28)32(2,3)33(34,35)36/h5-16,30H,4,17-24H2,1-3H3. The molecular weight excluding hydrogens is 543 g/mol. The first-order chi connectivity index (χ1) is 20.1. The molecule has 1 aliphatic rings. The smallest absolute Gasteiger partial charge is 0.397 e. The number of nitrogens with zero attached hydrogens (tertiary/aromatic N) is 3. The maximum absolute atomic E-state index is 13.4.